The molecule has 0 bridgehead atoms. The second kappa shape index (κ2) is 5.38. The first-order chi connectivity index (χ1) is 8.15. The molecule has 0 amide bonds. The number of aromatic nitrogens is 1. The summed E-state index contributed by atoms with van der Waals surface area (Å²) in [4.78, 5) is 4.23. The second-order valence-electron chi connectivity index (χ2n) is 3.71. The normalized spacial score (nSPS) is 13.1. The third-order valence-electron chi connectivity index (χ3n) is 2.28. The minimum absolute atomic E-state index is 0.0106. The molecule has 0 fully saturated rings. The molecule has 5 heteroatoms. The van der Waals surface area contributed by atoms with Gasteiger partial charge in [-0.3, -0.25) is 0 Å². The Morgan fingerprint density at radius 3 is 2.59 bits per heavy atom. The summed E-state index contributed by atoms with van der Waals surface area (Å²) in [6.45, 7) is 3.94. The minimum Gasteiger partial charge on any atom is -0.222 e. The fourth-order valence-corrected chi connectivity index (χ4v) is 2.08. The SMILES string of the molecule is Cc1csc(N=NC(C)c2ccc(Cl)cc2)n1. The highest BCUT2D eigenvalue weighted by molar-refractivity contribution is 7.13. The van der Waals surface area contributed by atoms with Gasteiger partial charge >= 0.3 is 0 Å². The summed E-state index contributed by atoms with van der Waals surface area (Å²) in [5, 5.41) is 11.7. The van der Waals surface area contributed by atoms with Crippen LogP contribution < -0.4 is 0 Å². The summed E-state index contributed by atoms with van der Waals surface area (Å²) in [6.07, 6.45) is 0. The molecule has 3 nitrogen and oxygen atoms in total. The molecule has 2 rings (SSSR count). The van der Waals surface area contributed by atoms with E-state index in [1.165, 1.54) is 11.3 Å². The molecule has 0 aliphatic heterocycles. The van der Waals surface area contributed by atoms with E-state index in [1.807, 2.05) is 43.5 Å². The van der Waals surface area contributed by atoms with Gasteiger partial charge in [0.25, 0.3) is 0 Å². The Morgan fingerprint density at radius 1 is 1.29 bits per heavy atom. The van der Waals surface area contributed by atoms with Crippen LogP contribution in [0, 0.1) is 6.92 Å². The number of rotatable bonds is 3. The first kappa shape index (κ1) is 12.2. The Bertz CT molecular complexity index is 519. The molecule has 2 aromatic rings. The standard InChI is InChI=1S/C12H12ClN3S/c1-8-7-17-12(14-8)16-15-9(2)10-3-5-11(13)6-4-10/h3-7,9H,1-2H3. The maximum Gasteiger partial charge on any atom is 0.229 e. The van der Waals surface area contributed by atoms with Gasteiger partial charge in [0.05, 0.1) is 11.7 Å². The lowest BCUT2D eigenvalue weighted by Crippen LogP contribution is -1.87. The van der Waals surface area contributed by atoms with E-state index in [0.717, 1.165) is 16.3 Å². The van der Waals surface area contributed by atoms with Gasteiger partial charge in [0.15, 0.2) is 0 Å². The highest BCUT2D eigenvalue weighted by Crippen LogP contribution is 2.23. The molecule has 0 aliphatic rings. The smallest absolute Gasteiger partial charge is 0.222 e. The molecule has 88 valence electrons. The molecule has 1 aromatic heterocycles. The molecular weight excluding hydrogens is 254 g/mol. The largest absolute Gasteiger partial charge is 0.229 e. The fraction of sp³-hybridized carbons (Fsp3) is 0.250. The summed E-state index contributed by atoms with van der Waals surface area (Å²) in [7, 11) is 0. The van der Waals surface area contributed by atoms with E-state index in [-0.39, 0.29) is 6.04 Å². The summed E-state index contributed by atoms with van der Waals surface area (Å²) >= 11 is 7.33. The van der Waals surface area contributed by atoms with Crippen LogP contribution in [0.4, 0.5) is 5.13 Å². The molecule has 0 saturated carbocycles. The van der Waals surface area contributed by atoms with Crippen molar-refractivity contribution in [2.45, 2.75) is 19.9 Å². The lowest BCUT2D eigenvalue weighted by molar-refractivity contribution is 0.762. The van der Waals surface area contributed by atoms with E-state index in [0.29, 0.717) is 5.13 Å². The Labute approximate surface area is 109 Å². The molecule has 0 N–H and O–H groups in total. The number of aryl methyl sites for hydroxylation is 1. The highest BCUT2D eigenvalue weighted by atomic mass is 35.5. The third-order valence-corrected chi connectivity index (χ3v) is 3.37. The molecule has 1 unspecified atom stereocenters. The van der Waals surface area contributed by atoms with Crippen molar-refractivity contribution in [2.24, 2.45) is 10.2 Å². The van der Waals surface area contributed by atoms with Crippen LogP contribution in [0.3, 0.4) is 0 Å². The van der Waals surface area contributed by atoms with Gasteiger partial charge in [-0.15, -0.1) is 16.5 Å². The molecule has 0 saturated heterocycles. The molecule has 17 heavy (non-hydrogen) atoms. The summed E-state index contributed by atoms with van der Waals surface area (Å²) in [5.74, 6) is 0. The van der Waals surface area contributed by atoms with Crippen molar-refractivity contribution in [1.29, 1.82) is 0 Å². The van der Waals surface area contributed by atoms with Crippen LogP contribution in [-0.4, -0.2) is 4.98 Å². The third kappa shape index (κ3) is 3.35. The molecule has 1 atom stereocenters. The van der Waals surface area contributed by atoms with Gasteiger partial charge in [-0.05, 0) is 31.5 Å². The zero-order chi connectivity index (χ0) is 12.3. The fourth-order valence-electron chi connectivity index (χ4n) is 1.33. The van der Waals surface area contributed by atoms with E-state index in [9.17, 15) is 0 Å². The number of hydrogen-bond acceptors (Lipinski definition) is 4. The first-order valence-electron chi connectivity index (χ1n) is 5.23. The van der Waals surface area contributed by atoms with E-state index in [4.69, 9.17) is 11.6 Å². The monoisotopic (exact) mass is 265 g/mol. The predicted octanol–water partition coefficient (Wildman–Crippen LogP) is 4.95. The zero-order valence-electron chi connectivity index (χ0n) is 9.59. The number of hydrogen-bond donors (Lipinski definition) is 0. The van der Waals surface area contributed by atoms with Crippen molar-refractivity contribution >= 4 is 28.1 Å². The minimum atomic E-state index is 0.0106. The Hall–Kier alpha value is -1.26. The zero-order valence-corrected chi connectivity index (χ0v) is 11.2. The van der Waals surface area contributed by atoms with Crippen LogP contribution in [0.25, 0.3) is 0 Å². The summed E-state index contributed by atoms with van der Waals surface area (Å²) in [6, 6.07) is 7.64. The van der Waals surface area contributed by atoms with Crippen LogP contribution in [0.5, 0.6) is 0 Å². The summed E-state index contributed by atoms with van der Waals surface area (Å²) < 4.78 is 0. The number of benzene rings is 1. The number of nitrogens with zero attached hydrogens (tertiary/aromatic N) is 3. The molecule has 0 spiro atoms. The van der Waals surface area contributed by atoms with E-state index in [2.05, 4.69) is 15.2 Å². The summed E-state index contributed by atoms with van der Waals surface area (Å²) in [5.41, 5.74) is 2.06. The van der Waals surface area contributed by atoms with Crippen molar-refractivity contribution < 1.29 is 0 Å². The number of azo groups is 1. The second-order valence-corrected chi connectivity index (χ2v) is 4.99. The van der Waals surface area contributed by atoms with Crippen molar-refractivity contribution in [1.82, 2.24) is 4.98 Å². The number of thiazole rings is 1. The van der Waals surface area contributed by atoms with Crippen LogP contribution in [0.15, 0.2) is 39.9 Å². The predicted molar refractivity (Wildman–Crippen MR) is 71.2 cm³/mol. The van der Waals surface area contributed by atoms with Gasteiger partial charge in [-0.2, -0.15) is 5.11 Å². The van der Waals surface area contributed by atoms with E-state index < -0.39 is 0 Å². The van der Waals surface area contributed by atoms with Gasteiger partial charge < -0.3 is 0 Å². The lowest BCUT2D eigenvalue weighted by Gasteiger charge is -2.04. The maximum absolute atomic E-state index is 5.83. The number of halogens is 1. The van der Waals surface area contributed by atoms with Crippen molar-refractivity contribution in [3.63, 3.8) is 0 Å². The average molecular weight is 266 g/mol. The van der Waals surface area contributed by atoms with E-state index >= 15 is 0 Å². The van der Waals surface area contributed by atoms with E-state index in [1.54, 1.807) is 0 Å². The quantitative estimate of drug-likeness (QED) is 0.724. The van der Waals surface area contributed by atoms with Gasteiger partial charge in [0.2, 0.25) is 5.13 Å². The van der Waals surface area contributed by atoms with Crippen LogP contribution in [-0.2, 0) is 0 Å². The molecule has 1 heterocycles. The van der Waals surface area contributed by atoms with Gasteiger partial charge in [0, 0.05) is 10.4 Å². The average Bonchev–Trinajstić information content (AvgIpc) is 2.73. The molecule has 0 aliphatic carbocycles. The van der Waals surface area contributed by atoms with Crippen molar-refractivity contribution in [3.8, 4) is 0 Å². The Balaban J connectivity index is 2.08. The first-order valence-corrected chi connectivity index (χ1v) is 6.49. The van der Waals surface area contributed by atoms with Crippen LogP contribution >= 0.6 is 22.9 Å². The van der Waals surface area contributed by atoms with Gasteiger partial charge in [0.1, 0.15) is 0 Å². The topological polar surface area (TPSA) is 37.6 Å². The van der Waals surface area contributed by atoms with Gasteiger partial charge in [-0.1, -0.05) is 23.7 Å². The lowest BCUT2D eigenvalue weighted by atomic mass is 10.1. The van der Waals surface area contributed by atoms with Crippen LogP contribution in [0.1, 0.15) is 24.2 Å². The highest BCUT2D eigenvalue weighted by Gasteiger charge is 2.03. The van der Waals surface area contributed by atoms with Crippen LogP contribution in [0.2, 0.25) is 5.02 Å². The van der Waals surface area contributed by atoms with Crippen molar-refractivity contribution in [3.05, 3.63) is 45.9 Å². The molecule has 1 aromatic carbocycles. The maximum atomic E-state index is 5.83. The molecule has 0 radical (unpaired) electrons. The Kier molecular flexibility index (Phi) is 3.86. The van der Waals surface area contributed by atoms with Crippen molar-refractivity contribution in [2.75, 3.05) is 0 Å². The molecular formula is C12H12ClN3S. The van der Waals surface area contributed by atoms with Gasteiger partial charge in [-0.25, -0.2) is 4.98 Å². The Morgan fingerprint density at radius 2 is 2.00 bits per heavy atom.